The van der Waals surface area contributed by atoms with Gasteiger partial charge in [0.15, 0.2) is 5.75 Å². The Bertz CT molecular complexity index is 973. The number of methoxy groups -OCH3 is 1. The first-order chi connectivity index (χ1) is 12.5. The number of nitro benzene ring substituents is 1. The van der Waals surface area contributed by atoms with Gasteiger partial charge in [0.25, 0.3) is 0 Å². The van der Waals surface area contributed by atoms with Gasteiger partial charge in [-0.2, -0.15) is 0 Å². The molecule has 0 aliphatic rings. The molecule has 0 amide bonds. The molecule has 0 saturated carbocycles. The van der Waals surface area contributed by atoms with Crippen molar-refractivity contribution in [1.82, 2.24) is 9.97 Å². The van der Waals surface area contributed by atoms with Gasteiger partial charge < -0.3 is 10.1 Å². The zero-order chi connectivity index (χ0) is 18.7. The van der Waals surface area contributed by atoms with Crippen molar-refractivity contribution >= 4 is 17.3 Å². The Morgan fingerprint density at radius 2 is 1.88 bits per heavy atom. The Morgan fingerprint density at radius 3 is 2.58 bits per heavy atom. The van der Waals surface area contributed by atoms with E-state index in [0.29, 0.717) is 17.2 Å². The monoisotopic (exact) mass is 350 g/mol. The van der Waals surface area contributed by atoms with Crippen LogP contribution in [0.2, 0.25) is 0 Å². The van der Waals surface area contributed by atoms with Crippen LogP contribution in [0.3, 0.4) is 0 Å². The topological polar surface area (TPSA) is 90.2 Å². The molecule has 26 heavy (non-hydrogen) atoms. The Hall–Kier alpha value is -3.48. The minimum atomic E-state index is -0.474. The van der Waals surface area contributed by atoms with Crippen molar-refractivity contribution in [2.75, 3.05) is 12.4 Å². The average Bonchev–Trinajstić information content (AvgIpc) is 2.64. The maximum absolute atomic E-state index is 11.2. The lowest BCUT2D eigenvalue weighted by molar-refractivity contribution is -0.385. The summed E-state index contributed by atoms with van der Waals surface area (Å²) < 4.78 is 5.03. The zero-order valence-electron chi connectivity index (χ0n) is 14.7. The van der Waals surface area contributed by atoms with Crippen LogP contribution in [-0.4, -0.2) is 22.0 Å². The van der Waals surface area contributed by atoms with Crippen LogP contribution in [0.1, 0.15) is 11.1 Å². The summed E-state index contributed by atoms with van der Waals surface area (Å²) in [5.74, 6) is 0.630. The SMILES string of the molecule is COc1ccc(-c2ccnc(Nc3ccc(C)c(C)c3)n2)cc1[N+](=O)[O-]. The first kappa shape index (κ1) is 17.3. The number of anilines is 2. The summed E-state index contributed by atoms with van der Waals surface area (Å²) in [6, 6.07) is 12.4. The van der Waals surface area contributed by atoms with Crippen molar-refractivity contribution in [1.29, 1.82) is 0 Å². The second kappa shape index (κ2) is 7.18. The molecule has 1 heterocycles. The fourth-order valence-corrected chi connectivity index (χ4v) is 2.52. The second-order valence-electron chi connectivity index (χ2n) is 5.83. The maximum atomic E-state index is 11.2. The third-order valence-corrected chi connectivity index (χ3v) is 4.09. The summed E-state index contributed by atoms with van der Waals surface area (Å²) in [5.41, 5.74) is 4.34. The van der Waals surface area contributed by atoms with Crippen molar-refractivity contribution in [3.05, 3.63) is 69.9 Å². The first-order valence-corrected chi connectivity index (χ1v) is 7.98. The standard InChI is InChI=1S/C19H18N4O3/c1-12-4-6-15(10-13(12)2)21-19-20-9-8-16(22-19)14-5-7-18(26-3)17(11-14)23(24)25/h4-11H,1-3H3,(H,20,21,22). The first-order valence-electron chi connectivity index (χ1n) is 7.98. The van der Waals surface area contributed by atoms with E-state index in [1.165, 1.54) is 18.7 Å². The summed E-state index contributed by atoms with van der Waals surface area (Å²) in [4.78, 5) is 19.4. The third-order valence-electron chi connectivity index (χ3n) is 4.09. The zero-order valence-corrected chi connectivity index (χ0v) is 14.7. The van der Waals surface area contributed by atoms with Crippen LogP contribution in [0.4, 0.5) is 17.3 Å². The molecular formula is C19H18N4O3. The van der Waals surface area contributed by atoms with Gasteiger partial charge in [-0.3, -0.25) is 10.1 Å². The lowest BCUT2D eigenvalue weighted by atomic mass is 10.1. The summed E-state index contributed by atoms with van der Waals surface area (Å²) in [6.07, 6.45) is 1.61. The minimum Gasteiger partial charge on any atom is -0.490 e. The molecule has 0 spiro atoms. The van der Waals surface area contributed by atoms with Gasteiger partial charge in [-0.05, 0) is 55.3 Å². The summed E-state index contributed by atoms with van der Waals surface area (Å²) in [5, 5.41) is 14.4. The van der Waals surface area contributed by atoms with Crippen molar-refractivity contribution in [2.45, 2.75) is 13.8 Å². The lowest BCUT2D eigenvalue weighted by Gasteiger charge is -2.09. The number of benzene rings is 2. The highest BCUT2D eigenvalue weighted by atomic mass is 16.6. The molecule has 0 bridgehead atoms. The van der Waals surface area contributed by atoms with Gasteiger partial charge in [0.2, 0.25) is 5.95 Å². The Labute approximate surface area is 150 Å². The number of hydrogen-bond acceptors (Lipinski definition) is 6. The van der Waals surface area contributed by atoms with E-state index in [1.54, 1.807) is 24.4 Å². The summed E-state index contributed by atoms with van der Waals surface area (Å²) >= 11 is 0. The van der Waals surface area contributed by atoms with Crippen LogP contribution in [0.25, 0.3) is 11.3 Å². The van der Waals surface area contributed by atoms with E-state index in [1.807, 2.05) is 32.0 Å². The van der Waals surface area contributed by atoms with Gasteiger partial charge in [-0.1, -0.05) is 6.07 Å². The molecular weight excluding hydrogens is 332 g/mol. The van der Waals surface area contributed by atoms with Gasteiger partial charge in [-0.15, -0.1) is 0 Å². The van der Waals surface area contributed by atoms with E-state index in [9.17, 15) is 10.1 Å². The number of aromatic nitrogens is 2. The molecule has 1 aromatic heterocycles. The molecule has 0 aliphatic heterocycles. The van der Waals surface area contributed by atoms with Crippen molar-refractivity contribution in [3.8, 4) is 17.0 Å². The average molecular weight is 350 g/mol. The van der Waals surface area contributed by atoms with E-state index in [-0.39, 0.29) is 11.4 Å². The smallest absolute Gasteiger partial charge is 0.311 e. The number of ether oxygens (including phenoxy) is 1. The largest absolute Gasteiger partial charge is 0.490 e. The molecule has 3 rings (SSSR count). The number of nitrogens with one attached hydrogen (secondary N) is 1. The number of hydrogen-bond donors (Lipinski definition) is 1. The molecule has 0 fully saturated rings. The predicted molar refractivity (Wildman–Crippen MR) is 99.9 cm³/mol. The van der Waals surface area contributed by atoms with Crippen LogP contribution in [-0.2, 0) is 0 Å². The summed E-state index contributed by atoms with van der Waals surface area (Å²) in [7, 11) is 1.40. The van der Waals surface area contributed by atoms with Crippen molar-refractivity contribution in [2.24, 2.45) is 0 Å². The van der Waals surface area contributed by atoms with E-state index in [4.69, 9.17) is 4.74 Å². The molecule has 1 N–H and O–H groups in total. The van der Waals surface area contributed by atoms with E-state index in [2.05, 4.69) is 15.3 Å². The number of nitro groups is 1. The number of nitrogens with zero attached hydrogens (tertiary/aromatic N) is 3. The van der Waals surface area contributed by atoms with E-state index < -0.39 is 4.92 Å². The highest BCUT2D eigenvalue weighted by molar-refractivity contribution is 5.67. The van der Waals surface area contributed by atoms with Crippen LogP contribution >= 0.6 is 0 Å². The highest BCUT2D eigenvalue weighted by Crippen LogP contribution is 2.31. The van der Waals surface area contributed by atoms with Gasteiger partial charge in [-0.25, -0.2) is 9.97 Å². The molecule has 0 atom stereocenters. The third kappa shape index (κ3) is 3.61. The van der Waals surface area contributed by atoms with Crippen LogP contribution in [0, 0.1) is 24.0 Å². The molecule has 0 unspecified atom stereocenters. The Morgan fingerprint density at radius 1 is 1.08 bits per heavy atom. The second-order valence-corrected chi connectivity index (χ2v) is 5.83. The molecule has 3 aromatic rings. The minimum absolute atomic E-state index is 0.104. The Balaban J connectivity index is 1.93. The van der Waals surface area contributed by atoms with Gasteiger partial charge >= 0.3 is 5.69 Å². The van der Waals surface area contributed by atoms with E-state index in [0.717, 1.165) is 11.3 Å². The van der Waals surface area contributed by atoms with Crippen LogP contribution in [0.5, 0.6) is 5.75 Å². The number of aryl methyl sites for hydroxylation is 2. The van der Waals surface area contributed by atoms with Crippen molar-refractivity contribution < 1.29 is 9.66 Å². The predicted octanol–water partition coefficient (Wildman–Crippen LogP) is 4.42. The molecule has 0 radical (unpaired) electrons. The van der Waals surface area contributed by atoms with E-state index >= 15 is 0 Å². The van der Waals surface area contributed by atoms with Gasteiger partial charge in [0.1, 0.15) is 0 Å². The van der Waals surface area contributed by atoms with Gasteiger partial charge in [0, 0.05) is 23.5 Å². The maximum Gasteiger partial charge on any atom is 0.311 e. The molecule has 132 valence electrons. The molecule has 0 saturated heterocycles. The molecule has 7 nitrogen and oxygen atoms in total. The van der Waals surface area contributed by atoms with Crippen molar-refractivity contribution in [3.63, 3.8) is 0 Å². The number of rotatable bonds is 5. The fraction of sp³-hybridized carbons (Fsp3) is 0.158. The van der Waals surface area contributed by atoms with Crippen LogP contribution < -0.4 is 10.1 Å². The Kier molecular flexibility index (Phi) is 4.79. The molecule has 7 heteroatoms. The highest BCUT2D eigenvalue weighted by Gasteiger charge is 2.16. The molecule has 0 aliphatic carbocycles. The summed E-state index contributed by atoms with van der Waals surface area (Å²) in [6.45, 7) is 4.08. The normalized spacial score (nSPS) is 10.4. The lowest BCUT2D eigenvalue weighted by Crippen LogP contribution is -1.99. The fourth-order valence-electron chi connectivity index (χ4n) is 2.52. The van der Waals surface area contributed by atoms with Crippen LogP contribution in [0.15, 0.2) is 48.7 Å². The van der Waals surface area contributed by atoms with Gasteiger partial charge in [0.05, 0.1) is 17.7 Å². The molecule has 2 aromatic carbocycles. The quantitative estimate of drug-likeness (QED) is 0.541.